The van der Waals surface area contributed by atoms with Crippen LogP contribution < -0.4 is 15.8 Å². The van der Waals surface area contributed by atoms with Gasteiger partial charge >= 0.3 is 0 Å². The molecular weight excluding hydrogens is 288 g/mol. The number of carbonyl (C=O) groups is 1. The van der Waals surface area contributed by atoms with Gasteiger partial charge in [-0.25, -0.2) is 0 Å². The molecule has 1 aromatic carbocycles. The Kier molecular flexibility index (Phi) is 5.74. The van der Waals surface area contributed by atoms with Gasteiger partial charge in [0.05, 0.1) is 23.4 Å². The summed E-state index contributed by atoms with van der Waals surface area (Å²) >= 11 is 5.98. The van der Waals surface area contributed by atoms with Gasteiger partial charge in [0.15, 0.2) is 0 Å². The summed E-state index contributed by atoms with van der Waals surface area (Å²) in [5.41, 5.74) is 6.56. The number of halogens is 1. The summed E-state index contributed by atoms with van der Waals surface area (Å²) in [6.07, 6.45) is 7.60. The molecule has 1 amide bonds. The lowest BCUT2D eigenvalue weighted by Crippen LogP contribution is -2.27. The Labute approximate surface area is 131 Å². The van der Waals surface area contributed by atoms with Crippen molar-refractivity contribution < 1.29 is 9.53 Å². The molecule has 0 radical (unpaired) electrons. The van der Waals surface area contributed by atoms with Crippen molar-refractivity contribution in [2.45, 2.75) is 38.5 Å². The highest BCUT2D eigenvalue weighted by atomic mass is 35.5. The molecule has 1 fully saturated rings. The molecular formula is C16H23ClN2O2. The fraction of sp³-hybridized carbons (Fsp3) is 0.562. The summed E-state index contributed by atoms with van der Waals surface area (Å²) < 4.78 is 5.20. The van der Waals surface area contributed by atoms with Crippen molar-refractivity contribution >= 4 is 23.2 Å². The molecule has 0 bridgehead atoms. The van der Waals surface area contributed by atoms with Crippen molar-refractivity contribution in [3.05, 3.63) is 22.7 Å². The van der Waals surface area contributed by atoms with E-state index < -0.39 is 0 Å². The predicted octanol–water partition coefficient (Wildman–Crippen LogP) is 3.63. The average molecular weight is 311 g/mol. The van der Waals surface area contributed by atoms with Gasteiger partial charge in [0.25, 0.3) is 5.91 Å². The molecule has 0 spiro atoms. The number of carbonyl (C=O) groups excluding carboxylic acids is 1. The van der Waals surface area contributed by atoms with Gasteiger partial charge in [0.2, 0.25) is 0 Å². The summed E-state index contributed by atoms with van der Waals surface area (Å²) in [7, 11) is 1.52. The number of hydrogen-bond donors (Lipinski definition) is 2. The summed E-state index contributed by atoms with van der Waals surface area (Å²) in [5, 5.41) is 3.32. The lowest BCUT2D eigenvalue weighted by atomic mass is 9.87. The molecule has 0 saturated heterocycles. The van der Waals surface area contributed by atoms with Crippen LogP contribution in [0.2, 0.25) is 5.02 Å². The van der Waals surface area contributed by atoms with Crippen LogP contribution in [-0.2, 0) is 0 Å². The zero-order valence-electron chi connectivity index (χ0n) is 12.5. The summed E-state index contributed by atoms with van der Waals surface area (Å²) in [6, 6.07) is 3.14. The van der Waals surface area contributed by atoms with Crippen LogP contribution in [0, 0.1) is 5.92 Å². The molecule has 0 atom stereocenters. The van der Waals surface area contributed by atoms with Crippen molar-refractivity contribution in [1.29, 1.82) is 0 Å². The van der Waals surface area contributed by atoms with Crippen LogP contribution in [0.3, 0.4) is 0 Å². The average Bonchev–Trinajstić information content (AvgIpc) is 2.50. The number of ether oxygens (including phenoxy) is 1. The standard InChI is InChI=1S/C16H23ClN2O2/c1-21-15-10-14(18)13(17)9-12(15)16(20)19-8-7-11-5-3-2-4-6-11/h9-11H,2-8,18H2,1H3,(H,19,20). The van der Waals surface area contributed by atoms with E-state index in [1.54, 1.807) is 12.1 Å². The highest BCUT2D eigenvalue weighted by molar-refractivity contribution is 6.33. The molecule has 21 heavy (non-hydrogen) atoms. The second-order valence-corrected chi connectivity index (χ2v) is 6.03. The third-order valence-electron chi connectivity index (χ3n) is 4.13. The molecule has 0 aliphatic heterocycles. The third-order valence-corrected chi connectivity index (χ3v) is 4.45. The Morgan fingerprint density at radius 2 is 2.10 bits per heavy atom. The number of methoxy groups -OCH3 is 1. The topological polar surface area (TPSA) is 64.3 Å². The Morgan fingerprint density at radius 1 is 1.38 bits per heavy atom. The number of benzene rings is 1. The molecule has 0 unspecified atom stereocenters. The van der Waals surface area contributed by atoms with Crippen molar-refractivity contribution in [2.24, 2.45) is 5.92 Å². The van der Waals surface area contributed by atoms with Gasteiger partial charge < -0.3 is 15.8 Å². The number of nitrogens with two attached hydrogens (primary N) is 1. The van der Waals surface area contributed by atoms with Crippen molar-refractivity contribution in [3.63, 3.8) is 0 Å². The van der Waals surface area contributed by atoms with Gasteiger partial charge in [-0.2, -0.15) is 0 Å². The maximum atomic E-state index is 12.2. The smallest absolute Gasteiger partial charge is 0.255 e. The van der Waals surface area contributed by atoms with E-state index >= 15 is 0 Å². The first-order chi connectivity index (χ1) is 10.1. The number of rotatable bonds is 5. The first-order valence-corrected chi connectivity index (χ1v) is 7.91. The SMILES string of the molecule is COc1cc(N)c(Cl)cc1C(=O)NCCC1CCCCC1. The van der Waals surface area contributed by atoms with E-state index in [2.05, 4.69) is 5.32 Å². The maximum Gasteiger partial charge on any atom is 0.255 e. The molecule has 0 heterocycles. The van der Waals surface area contributed by atoms with Crippen LogP contribution in [0.1, 0.15) is 48.9 Å². The van der Waals surface area contributed by atoms with E-state index in [1.807, 2.05) is 0 Å². The van der Waals surface area contributed by atoms with Crippen molar-refractivity contribution in [3.8, 4) is 5.75 Å². The van der Waals surface area contributed by atoms with Crippen LogP contribution >= 0.6 is 11.6 Å². The molecule has 0 aromatic heterocycles. The zero-order valence-corrected chi connectivity index (χ0v) is 13.2. The lowest BCUT2D eigenvalue weighted by Gasteiger charge is -2.21. The number of nitrogens with one attached hydrogen (secondary N) is 1. The molecule has 5 heteroatoms. The molecule has 4 nitrogen and oxygen atoms in total. The second kappa shape index (κ2) is 7.55. The van der Waals surface area contributed by atoms with Gasteiger partial charge in [-0.1, -0.05) is 43.7 Å². The van der Waals surface area contributed by atoms with Gasteiger partial charge in [-0.3, -0.25) is 4.79 Å². The summed E-state index contributed by atoms with van der Waals surface area (Å²) in [5.74, 6) is 1.03. The largest absolute Gasteiger partial charge is 0.496 e. The number of nitrogen functional groups attached to an aromatic ring is 1. The maximum absolute atomic E-state index is 12.2. The predicted molar refractivity (Wildman–Crippen MR) is 85.9 cm³/mol. The van der Waals surface area contributed by atoms with E-state index in [1.165, 1.54) is 39.2 Å². The Hall–Kier alpha value is -1.42. The second-order valence-electron chi connectivity index (χ2n) is 5.62. The van der Waals surface area contributed by atoms with Crippen LogP contribution in [0.25, 0.3) is 0 Å². The fourth-order valence-electron chi connectivity index (χ4n) is 2.88. The molecule has 2 rings (SSSR count). The van der Waals surface area contributed by atoms with Gasteiger partial charge in [0.1, 0.15) is 5.75 Å². The molecule has 1 aromatic rings. The number of hydrogen-bond acceptors (Lipinski definition) is 3. The zero-order chi connectivity index (χ0) is 15.2. The van der Waals surface area contributed by atoms with Gasteiger partial charge in [0, 0.05) is 12.6 Å². The van der Waals surface area contributed by atoms with Crippen LogP contribution in [0.4, 0.5) is 5.69 Å². The van der Waals surface area contributed by atoms with E-state index in [0.717, 1.165) is 12.3 Å². The minimum Gasteiger partial charge on any atom is -0.496 e. The molecule has 116 valence electrons. The molecule has 1 saturated carbocycles. The molecule has 1 aliphatic carbocycles. The lowest BCUT2D eigenvalue weighted by molar-refractivity contribution is 0.0947. The molecule has 1 aliphatic rings. The Balaban J connectivity index is 1.92. The Morgan fingerprint density at radius 3 is 2.76 bits per heavy atom. The van der Waals surface area contributed by atoms with Crippen LogP contribution in [0.15, 0.2) is 12.1 Å². The first kappa shape index (κ1) is 16.0. The first-order valence-electron chi connectivity index (χ1n) is 7.53. The van der Waals surface area contributed by atoms with E-state index in [9.17, 15) is 4.79 Å². The monoisotopic (exact) mass is 310 g/mol. The summed E-state index contributed by atoms with van der Waals surface area (Å²) in [6.45, 7) is 0.689. The van der Waals surface area contributed by atoms with Gasteiger partial charge in [-0.05, 0) is 18.4 Å². The van der Waals surface area contributed by atoms with Crippen LogP contribution in [-0.4, -0.2) is 19.6 Å². The number of amides is 1. The Bertz CT molecular complexity index is 499. The molecule has 3 N–H and O–H groups in total. The highest BCUT2D eigenvalue weighted by Crippen LogP contribution is 2.29. The minimum atomic E-state index is -0.162. The van der Waals surface area contributed by atoms with E-state index in [4.69, 9.17) is 22.1 Å². The summed E-state index contributed by atoms with van der Waals surface area (Å²) in [4.78, 5) is 12.2. The fourth-order valence-corrected chi connectivity index (χ4v) is 3.04. The van der Waals surface area contributed by atoms with E-state index in [0.29, 0.717) is 28.6 Å². The third kappa shape index (κ3) is 4.27. The van der Waals surface area contributed by atoms with Gasteiger partial charge in [-0.15, -0.1) is 0 Å². The van der Waals surface area contributed by atoms with E-state index in [-0.39, 0.29) is 5.91 Å². The van der Waals surface area contributed by atoms with Crippen LogP contribution in [0.5, 0.6) is 5.75 Å². The van der Waals surface area contributed by atoms with Crippen molar-refractivity contribution in [1.82, 2.24) is 5.32 Å². The quantitative estimate of drug-likeness (QED) is 0.816. The normalized spacial score (nSPS) is 15.7. The number of anilines is 1. The minimum absolute atomic E-state index is 0.162. The van der Waals surface area contributed by atoms with Crippen molar-refractivity contribution in [2.75, 3.05) is 19.4 Å². The highest BCUT2D eigenvalue weighted by Gasteiger charge is 2.16.